The summed E-state index contributed by atoms with van der Waals surface area (Å²) in [6.07, 6.45) is 2.32. The Morgan fingerprint density at radius 3 is 2.33 bits per heavy atom. The highest BCUT2D eigenvalue weighted by Gasteiger charge is 2.13. The van der Waals surface area contributed by atoms with Crippen LogP contribution in [0.5, 0.6) is 0 Å². The molecule has 100 valence electrons. The molecule has 0 amide bonds. The van der Waals surface area contributed by atoms with Gasteiger partial charge in [-0.1, -0.05) is 20.8 Å². The summed E-state index contributed by atoms with van der Waals surface area (Å²) in [4.78, 5) is 18.1. The van der Waals surface area contributed by atoms with Gasteiger partial charge in [0.05, 0.1) is 11.9 Å². The first-order valence-electron chi connectivity index (χ1n) is 6.71. The van der Waals surface area contributed by atoms with Crippen LogP contribution in [0, 0.1) is 5.92 Å². The Morgan fingerprint density at radius 1 is 1.28 bits per heavy atom. The second kappa shape index (κ2) is 6.53. The van der Waals surface area contributed by atoms with Gasteiger partial charge in [0.15, 0.2) is 5.78 Å². The van der Waals surface area contributed by atoms with Crippen molar-refractivity contribution < 1.29 is 4.79 Å². The Kier molecular flexibility index (Phi) is 5.32. The smallest absolute Gasteiger partial charge is 0.180 e. The predicted octanol–water partition coefficient (Wildman–Crippen LogP) is 3.55. The molecule has 0 unspecified atom stereocenters. The SMILES string of the molecule is CCC(=O)c1ccc(N(CC(C)C)C(C)C)cn1. The molecular formula is C15H24N2O. The minimum Gasteiger partial charge on any atom is -0.368 e. The number of nitrogens with zero attached hydrogens (tertiary/aromatic N) is 2. The van der Waals surface area contributed by atoms with Crippen LogP contribution < -0.4 is 4.90 Å². The molecule has 0 aliphatic rings. The lowest BCUT2D eigenvalue weighted by Crippen LogP contribution is -2.34. The van der Waals surface area contributed by atoms with Gasteiger partial charge in [-0.05, 0) is 31.9 Å². The predicted molar refractivity (Wildman–Crippen MR) is 76.2 cm³/mol. The van der Waals surface area contributed by atoms with Crippen LogP contribution >= 0.6 is 0 Å². The lowest BCUT2D eigenvalue weighted by atomic mass is 10.1. The van der Waals surface area contributed by atoms with Gasteiger partial charge in [0, 0.05) is 19.0 Å². The Hall–Kier alpha value is -1.38. The molecule has 0 aliphatic carbocycles. The van der Waals surface area contributed by atoms with E-state index in [0.717, 1.165) is 12.2 Å². The zero-order valence-electron chi connectivity index (χ0n) is 12.1. The van der Waals surface area contributed by atoms with E-state index in [1.165, 1.54) is 0 Å². The largest absolute Gasteiger partial charge is 0.368 e. The number of carbonyl (C=O) groups excluding carboxylic acids is 1. The van der Waals surface area contributed by atoms with Crippen LogP contribution in [-0.2, 0) is 0 Å². The molecule has 1 rings (SSSR count). The maximum Gasteiger partial charge on any atom is 0.180 e. The number of ketones is 1. The Balaban J connectivity index is 2.90. The normalized spacial score (nSPS) is 11.1. The number of anilines is 1. The van der Waals surface area contributed by atoms with Gasteiger partial charge < -0.3 is 4.90 Å². The number of hydrogen-bond donors (Lipinski definition) is 0. The van der Waals surface area contributed by atoms with Gasteiger partial charge in [0.2, 0.25) is 0 Å². The van der Waals surface area contributed by atoms with Crippen molar-refractivity contribution >= 4 is 11.5 Å². The third kappa shape index (κ3) is 3.83. The van der Waals surface area contributed by atoms with Crippen LogP contribution in [0.1, 0.15) is 51.5 Å². The van der Waals surface area contributed by atoms with E-state index in [1.807, 2.05) is 25.3 Å². The summed E-state index contributed by atoms with van der Waals surface area (Å²) in [6.45, 7) is 11.6. The van der Waals surface area contributed by atoms with E-state index in [-0.39, 0.29) is 5.78 Å². The fourth-order valence-corrected chi connectivity index (χ4v) is 1.91. The molecule has 0 aliphatic heterocycles. The topological polar surface area (TPSA) is 33.2 Å². The molecule has 0 saturated heterocycles. The molecule has 0 radical (unpaired) electrons. The number of hydrogen-bond acceptors (Lipinski definition) is 3. The minimum atomic E-state index is 0.0986. The van der Waals surface area contributed by atoms with Crippen molar-refractivity contribution in [2.75, 3.05) is 11.4 Å². The average molecular weight is 248 g/mol. The van der Waals surface area contributed by atoms with Crippen molar-refractivity contribution in [3.8, 4) is 0 Å². The number of pyridine rings is 1. The standard InChI is InChI=1S/C15H24N2O/c1-6-15(18)14-8-7-13(9-16-14)17(12(4)5)10-11(2)3/h7-9,11-12H,6,10H2,1-5H3. The number of Topliss-reactive ketones (excluding diaryl/α,β-unsaturated/α-hetero) is 1. The third-order valence-corrected chi connectivity index (χ3v) is 2.87. The van der Waals surface area contributed by atoms with E-state index >= 15 is 0 Å². The first kappa shape index (κ1) is 14.7. The summed E-state index contributed by atoms with van der Waals surface area (Å²) in [5.41, 5.74) is 1.65. The summed E-state index contributed by atoms with van der Waals surface area (Å²) in [5.74, 6) is 0.700. The fourth-order valence-electron chi connectivity index (χ4n) is 1.91. The second-order valence-electron chi connectivity index (χ2n) is 5.32. The number of rotatable bonds is 6. The number of aromatic nitrogens is 1. The minimum absolute atomic E-state index is 0.0986. The first-order chi connectivity index (χ1) is 8.45. The maximum absolute atomic E-state index is 11.5. The third-order valence-electron chi connectivity index (χ3n) is 2.87. The van der Waals surface area contributed by atoms with Crippen molar-refractivity contribution in [2.24, 2.45) is 5.92 Å². The van der Waals surface area contributed by atoms with Gasteiger partial charge in [-0.2, -0.15) is 0 Å². The van der Waals surface area contributed by atoms with Crippen molar-refractivity contribution in [3.63, 3.8) is 0 Å². The van der Waals surface area contributed by atoms with Crippen LogP contribution in [0.4, 0.5) is 5.69 Å². The number of carbonyl (C=O) groups is 1. The molecule has 1 heterocycles. The monoisotopic (exact) mass is 248 g/mol. The van der Waals surface area contributed by atoms with Gasteiger partial charge in [-0.15, -0.1) is 0 Å². The molecule has 0 bridgehead atoms. The molecule has 1 aromatic heterocycles. The van der Waals surface area contributed by atoms with Crippen LogP contribution in [-0.4, -0.2) is 23.4 Å². The molecule has 0 aromatic carbocycles. The van der Waals surface area contributed by atoms with E-state index in [2.05, 4.69) is 37.6 Å². The second-order valence-corrected chi connectivity index (χ2v) is 5.32. The van der Waals surface area contributed by atoms with Crippen molar-refractivity contribution in [1.82, 2.24) is 4.98 Å². The summed E-state index contributed by atoms with van der Waals surface area (Å²) >= 11 is 0. The summed E-state index contributed by atoms with van der Waals surface area (Å²) in [6, 6.07) is 4.26. The quantitative estimate of drug-likeness (QED) is 0.722. The molecule has 1 aromatic rings. The average Bonchev–Trinajstić information content (AvgIpc) is 2.34. The van der Waals surface area contributed by atoms with Crippen molar-refractivity contribution in [2.45, 2.75) is 47.1 Å². The van der Waals surface area contributed by atoms with E-state index in [0.29, 0.717) is 24.1 Å². The van der Waals surface area contributed by atoms with Gasteiger partial charge in [-0.3, -0.25) is 9.78 Å². The molecular weight excluding hydrogens is 224 g/mol. The van der Waals surface area contributed by atoms with Crippen LogP contribution in [0.25, 0.3) is 0 Å². The van der Waals surface area contributed by atoms with Gasteiger partial charge >= 0.3 is 0 Å². The first-order valence-corrected chi connectivity index (χ1v) is 6.71. The molecule has 18 heavy (non-hydrogen) atoms. The van der Waals surface area contributed by atoms with E-state index < -0.39 is 0 Å². The van der Waals surface area contributed by atoms with Crippen molar-refractivity contribution in [3.05, 3.63) is 24.0 Å². The molecule has 0 saturated carbocycles. The molecule has 0 spiro atoms. The fraction of sp³-hybridized carbons (Fsp3) is 0.600. The summed E-state index contributed by atoms with van der Waals surface area (Å²) in [7, 11) is 0. The van der Waals surface area contributed by atoms with Gasteiger partial charge in [0.1, 0.15) is 5.69 Å². The molecule has 0 fully saturated rings. The molecule has 3 nitrogen and oxygen atoms in total. The van der Waals surface area contributed by atoms with Gasteiger partial charge in [-0.25, -0.2) is 0 Å². The van der Waals surface area contributed by atoms with E-state index in [1.54, 1.807) is 0 Å². The van der Waals surface area contributed by atoms with Crippen molar-refractivity contribution in [1.29, 1.82) is 0 Å². The maximum atomic E-state index is 11.5. The Labute approximate surface area is 110 Å². The Morgan fingerprint density at radius 2 is 1.94 bits per heavy atom. The zero-order valence-corrected chi connectivity index (χ0v) is 12.1. The molecule has 3 heteroatoms. The van der Waals surface area contributed by atoms with Crippen LogP contribution in [0.2, 0.25) is 0 Å². The Bertz CT molecular complexity index is 382. The summed E-state index contributed by atoms with van der Waals surface area (Å²) < 4.78 is 0. The van der Waals surface area contributed by atoms with E-state index in [4.69, 9.17) is 0 Å². The van der Waals surface area contributed by atoms with Gasteiger partial charge in [0.25, 0.3) is 0 Å². The highest BCUT2D eigenvalue weighted by atomic mass is 16.1. The van der Waals surface area contributed by atoms with Crippen LogP contribution in [0.15, 0.2) is 18.3 Å². The molecule has 0 N–H and O–H groups in total. The van der Waals surface area contributed by atoms with Crippen LogP contribution in [0.3, 0.4) is 0 Å². The molecule has 0 atom stereocenters. The highest BCUT2D eigenvalue weighted by Crippen LogP contribution is 2.18. The zero-order chi connectivity index (χ0) is 13.7. The van der Waals surface area contributed by atoms with E-state index in [9.17, 15) is 4.79 Å². The highest BCUT2D eigenvalue weighted by molar-refractivity contribution is 5.94. The summed E-state index contributed by atoms with van der Waals surface area (Å²) in [5, 5.41) is 0. The lowest BCUT2D eigenvalue weighted by Gasteiger charge is -2.30. The lowest BCUT2D eigenvalue weighted by molar-refractivity contribution is 0.0983.